The van der Waals surface area contributed by atoms with Crippen molar-refractivity contribution in [3.63, 3.8) is 0 Å². The summed E-state index contributed by atoms with van der Waals surface area (Å²) in [7, 11) is 1.59. The number of aromatic nitrogens is 2. The lowest BCUT2D eigenvalue weighted by Gasteiger charge is -2.01. The van der Waals surface area contributed by atoms with Crippen molar-refractivity contribution in [3.8, 4) is 10.6 Å². The maximum Gasteiger partial charge on any atom is 0.289 e. The maximum absolute atomic E-state index is 11.3. The number of rotatable bonds is 1. The predicted molar refractivity (Wildman–Crippen MR) is 64.9 cm³/mol. The maximum atomic E-state index is 11.3. The van der Waals surface area contributed by atoms with Crippen LogP contribution < -0.4 is 11.3 Å². The number of anilines is 1. The number of hydrogen-bond donors (Lipinski definition) is 1. The molecule has 0 fully saturated rings. The lowest BCUT2D eigenvalue weighted by Crippen LogP contribution is -2.22. The molecule has 0 saturated carbocycles. The van der Waals surface area contributed by atoms with E-state index in [9.17, 15) is 4.79 Å². The highest BCUT2D eigenvalue weighted by molar-refractivity contribution is 9.11. The fourth-order valence-electron chi connectivity index (χ4n) is 1.20. The van der Waals surface area contributed by atoms with Crippen LogP contribution in [0, 0.1) is 0 Å². The van der Waals surface area contributed by atoms with E-state index >= 15 is 0 Å². The smallest absolute Gasteiger partial charge is 0.289 e. The molecule has 0 aromatic carbocycles. The molecule has 0 radical (unpaired) electrons. The first-order valence-corrected chi connectivity index (χ1v) is 5.78. The highest BCUT2D eigenvalue weighted by atomic mass is 79.9. The fraction of sp³-hybridized carbons (Fsp3) is 0.111. The highest BCUT2D eigenvalue weighted by Gasteiger charge is 2.07. The SMILES string of the molecule is Cn1nc(-c2ccc(Br)s2)cc(N)c1=O. The van der Waals surface area contributed by atoms with Gasteiger partial charge in [-0.3, -0.25) is 4.79 Å². The van der Waals surface area contributed by atoms with Gasteiger partial charge in [0.25, 0.3) is 5.56 Å². The number of nitrogens with two attached hydrogens (primary N) is 1. The van der Waals surface area contributed by atoms with Gasteiger partial charge in [0.15, 0.2) is 0 Å². The molecule has 0 bridgehead atoms. The van der Waals surface area contributed by atoms with Crippen LogP contribution in [-0.2, 0) is 7.05 Å². The van der Waals surface area contributed by atoms with Gasteiger partial charge in [0.05, 0.1) is 8.66 Å². The van der Waals surface area contributed by atoms with Crippen molar-refractivity contribution in [3.05, 3.63) is 32.3 Å². The molecule has 0 amide bonds. The molecule has 0 aliphatic heterocycles. The normalized spacial score (nSPS) is 10.5. The quantitative estimate of drug-likeness (QED) is 0.870. The first-order valence-electron chi connectivity index (χ1n) is 4.17. The largest absolute Gasteiger partial charge is 0.394 e. The number of nitrogens with zero attached hydrogens (tertiary/aromatic N) is 2. The van der Waals surface area contributed by atoms with Crippen molar-refractivity contribution in [2.75, 3.05) is 5.73 Å². The minimum atomic E-state index is -0.269. The molecule has 6 heteroatoms. The van der Waals surface area contributed by atoms with E-state index in [2.05, 4.69) is 21.0 Å². The zero-order valence-electron chi connectivity index (χ0n) is 7.90. The summed E-state index contributed by atoms with van der Waals surface area (Å²) in [5.41, 5.74) is 6.24. The van der Waals surface area contributed by atoms with Crippen molar-refractivity contribution < 1.29 is 0 Å². The van der Waals surface area contributed by atoms with E-state index in [-0.39, 0.29) is 11.2 Å². The summed E-state index contributed by atoms with van der Waals surface area (Å²) in [6, 6.07) is 5.46. The molecule has 2 rings (SSSR count). The van der Waals surface area contributed by atoms with E-state index in [1.54, 1.807) is 24.5 Å². The standard InChI is InChI=1S/C9H8BrN3OS/c1-13-9(14)5(11)4-6(12-13)7-2-3-8(10)15-7/h2-4H,11H2,1H3. The monoisotopic (exact) mass is 285 g/mol. The van der Waals surface area contributed by atoms with Crippen molar-refractivity contribution in [2.45, 2.75) is 0 Å². The number of halogens is 1. The van der Waals surface area contributed by atoms with Gasteiger partial charge in [-0.25, -0.2) is 4.68 Å². The van der Waals surface area contributed by atoms with Gasteiger partial charge in [0, 0.05) is 7.05 Å². The Hall–Kier alpha value is -1.14. The Morgan fingerprint density at radius 1 is 1.53 bits per heavy atom. The summed E-state index contributed by atoms with van der Waals surface area (Å²) in [4.78, 5) is 12.3. The minimum Gasteiger partial charge on any atom is -0.394 e. The molecule has 4 nitrogen and oxygen atoms in total. The Morgan fingerprint density at radius 2 is 2.27 bits per heavy atom. The Morgan fingerprint density at radius 3 is 2.80 bits per heavy atom. The van der Waals surface area contributed by atoms with Crippen LogP contribution in [0.3, 0.4) is 0 Å². The van der Waals surface area contributed by atoms with Gasteiger partial charge in [-0.05, 0) is 34.1 Å². The van der Waals surface area contributed by atoms with Crippen molar-refractivity contribution in [2.24, 2.45) is 7.05 Å². The van der Waals surface area contributed by atoms with E-state index in [0.717, 1.165) is 8.66 Å². The third kappa shape index (κ3) is 1.95. The Labute approximate surface area is 98.5 Å². The van der Waals surface area contributed by atoms with E-state index in [1.807, 2.05) is 12.1 Å². The lowest BCUT2D eigenvalue weighted by molar-refractivity contribution is 0.716. The third-order valence-electron chi connectivity index (χ3n) is 1.92. The first-order chi connectivity index (χ1) is 7.08. The summed E-state index contributed by atoms with van der Waals surface area (Å²) in [6.07, 6.45) is 0. The second-order valence-electron chi connectivity index (χ2n) is 3.02. The average Bonchev–Trinajstić information content (AvgIpc) is 2.60. The van der Waals surface area contributed by atoms with Gasteiger partial charge in [0.2, 0.25) is 0 Å². The molecule has 0 saturated heterocycles. The number of nitrogen functional groups attached to an aromatic ring is 1. The summed E-state index contributed by atoms with van der Waals surface area (Å²) < 4.78 is 2.27. The van der Waals surface area contributed by atoms with Crippen LogP contribution in [0.15, 0.2) is 26.8 Å². The van der Waals surface area contributed by atoms with Crippen LogP contribution in [-0.4, -0.2) is 9.78 Å². The van der Waals surface area contributed by atoms with Crippen molar-refractivity contribution in [1.29, 1.82) is 0 Å². The molecule has 0 aliphatic rings. The van der Waals surface area contributed by atoms with Gasteiger partial charge in [-0.2, -0.15) is 5.10 Å². The third-order valence-corrected chi connectivity index (χ3v) is 3.56. The fourth-order valence-corrected chi connectivity index (χ4v) is 2.55. The summed E-state index contributed by atoms with van der Waals surface area (Å²) in [5, 5.41) is 4.13. The van der Waals surface area contributed by atoms with Crippen molar-refractivity contribution in [1.82, 2.24) is 9.78 Å². The molecule has 0 spiro atoms. The number of thiophene rings is 1. The zero-order valence-corrected chi connectivity index (χ0v) is 10.3. The van der Waals surface area contributed by atoms with E-state index < -0.39 is 0 Å². The lowest BCUT2D eigenvalue weighted by atomic mass is 10.3. The van der Waals surface area contributed by atoms with Crippen LogP contribution in [0.1, 0.15) is 0 Å². The molecule has 0 aliphatic carbocycles. The van der Waals surface area contributed by atoms with Crippen LogP contribution in [0.5, 0.6) is 0 Å². The molecular weight excluding hydrogens is 278 g/mol. The van der Waals surface area contributed by atoms with Crippen LogP contribution >= 0.6 is 27.3 Å². The molecule has 2 heterocycles. The molecule has 2 aromatic rings. The van der Waals surface area contributed by atoms with Gasteiger partial charge >= 0.3 is 0 Å². The van der Waals surface area contributed by atoms with Crippen LogP contribution in [0.4, 0.5) is 5.69 Å². The molecule has 0 unspecified atom stereocenters. The average molecular weight is 286 g/mol. The van der Waals surface area contributed by atoms with Gasteiger partial charge in [-0.15, -0.1) is 11.3 Å². The zero-order chi connectivity index (χ0) is 11.0. The Bertz CT molecular complexity index is 534. The molecule has 2 N–H and O–H groups in total. The minimum absolute atomic E-state index is 0.215. The van der Waals surface area contributed by atoms with Gasteiger partial charge in [0.1, 0.15) is 11.4 Å². The Kier molecular flexibility index (Phi) is 2.62. The van der Waals surface area contributed by atoms with E-state index in [0.29, 0.717) is 5.69 Å². The summed E-state index contributed by atoms with van der Waals surface area (Å²) in [6.45, 7) is 0. The molecule has 15 heavy (non-hydrogen) atoms. The van der Waals surface area contributed by atoms with E-state index in [4.69, 9.17) is 5.73 Å². The number of hydrogen-bond acceptors (Lipinski definition) is 4. The molecule has 2 aromatic heterocycles. The van der Waals surface area contributed by atoms with Crippen LogP contribution in [0.25, 0.3) is 10.6 Å². The second-order valence-corrected chi connectivity index (χ2v) is 5.48. The van der Waals surface area contributed by atoms with Crippen molar-refractivity contribution >= 4 is 33.0 Å². The first kappa shape index (κ1) is 10.4. The van der Waals surface area contributed by atoms with Gasteiger partial charge in [-0.1, -0.05) is 0 Å². The Balaban J connectivity index is 2.60. The topological polar surface area (TPSA) is 60.9 Å². The number of aryl methyl sites for hydroxylation is 1. The summed E-state index contributed by atoms with van der Waals surface area (Å²) in [5.74, 6) is 0. The molecular formula is C9H8BrN3OS. The summed E-state index contributed by atoms with van der Waals surface area (Å²) >= 11 is 4.92. The molecule has 78 valence electrons. The second kappa shape index (κ2) is 3.79. The van der Waals surface area contributed by atoms with E-state index in [1.165, 1.54) is 4.68 Å². The highest BCUT2D eigenvalue weighted by Crippen LogP contribution is 2.29. The van der Waals surface area contributed by atoms with Crippen LogP contribution in [0.2, 0.25) is 0 Å². The predicted octanol–water partition coefficient (Wildman–Crippen LogP) is 1.85. The molecule has 0 atom stereocenters. The van der Waals surface area contributed by atoms with Gasteiger partial charge < -0.3 is 5.73 Å².